The molecule has 110 valence electrons. The number of hydrogen-bond donors (Lipinski definition) is 0. The Morgan fingerprint density at radius 1 is 0.905 bits per heavy atom. The molecule has 21 heavy (non-hydrogen) atoms. The number of ether oxygens (including phenoxy) is 2. The summed E-state index contributed by atoms with van der Waals surface area (Å²) in [5, 5.41) is 1.18. The molecule has 4 nitrogen and oxygen atoms in total. The highest BCUT2D eigenvalue weighted by Crippen LogP contribution is 2.19. The van der Waals surface area contributed by atoms with Crippen molar-refractivity contribution in [1.82, 2.24) is 0 Å². The fraction of sp³-hybridized carbons (Fsp3) is 0.125. The second kappa shape index (κ2) is 6.45. The molecular formula is C16H16O4S. The van der Waals surface area contributed by atoms with Gasteiger partial charge in [0.1, 0.15) is 11.5 Å². The van der Waals surface area contributed by atoms with Gasteiger partial charge in [0.2, 0.25) is 0 Å². The summed E-state index contributed by atoms with van der Waals surface area (Å²) in [7, 11) is -0.380. The Morgan fingerprint density at radius 2 is 1.57 bits per heavy atom. The number of hydrogen-bond acceptors (Lipinski definition) is 4. The van der Waals surface area contributed by atoms with Gasteiger partial charge >= 0.3 is 0 Å². The molecule has 0 amide bonds. The van der Waals surface area contributed by atoms with Gasteiger partial charge in [-0.05, 0) is 48.0 Å². The molecule has 2 aromatic rings. The van der Waals surface area contributed by atoms with Crippen molar-refractivity contribution in [1.29, 1.82) is 0 Å². The summed E-state index contributed by atoms with van der Waals surface area (Å²) in [5.41, 5.74) is 0.756. The monoisotopic (exact) mass is 304 g/mol. The molecule has 2 aromatic carbocycles. The van der Waals surface area contributed by atoms with E-state index in [-0.39, 0.29) is 4.90 Å². The van der Waals surface area contributed by atoms with Crippen LogP contribution in [0, 0.1) is 0 Å². The minimum Gasteiger partial charge on any atom is -0.497 e. The Bertz CT molecular complexity index is 731. The molecule has 0 unspecified atom stereocenters. The molecule has 2 rings (SSSR count). The van der Waals surface area contributed by atoms with Gasteiger partial charge in [-0.15, -0.1) is 0 Å². The standard InChI is InChI=1S/C16H16O4S/c1-19-14-6-8-16(9-7-14)21(17,18)11-10-13-4-3-5-15(12-13)20-2/h3-12H,1-2H3/b11-10+. The van der Waals surface area contributed by atoms with Crippen molar-refractivity contribution in [3.8, 4) is 11.5 Å². The van der Waals surface area contributed by atoms with Gasteiger partial charge in [0.05, 0.1) is 19.1 Å². The van der Waals surface area contributed by atoms with Crippen molar-refractivity contribution >= 4 is 15.9 Å². The summed E-state index contributed by atoms with van der Waals surface area (Å²) in [6, 6.07) is 13.4. The molecule has 0 N–H and O–H groups in total. The van der Waals surface area contributed by atoms with Crippen LogP contribution in [0.5, 0.6) is 11.5 Å². The van der Waals surface area contributed by atoms with Crippen LogP contribution in [-0.4, -0.2) is 22.6 Å². The van der Waals surface area contributed by atoms with Gasteiger partial charge in [0.15, 0.2) is 9.84 Å². The molecule has 0 radical (unpaired) electrons. The fourth-order valence-electron chi connectivity index (χ4n) is 1.76. The quantitative estimate of drug-likeness (QED) is 0.851. The molecular weight excluding hydrogens is 288 g/mol. The molecule has 0 aliphatic rings. The van der Waals surface area contributed by atoms with Crippen LogP contribution >= 0.6 is 0 Å². The lowest BCUT2D eigenvalue weighted by molar-refractivity contribution is 0.414. The van der Waals surface area contributed by atoms with E-state index in [0.29, 0.717) is 11.5 Å². The van der Waals surface area contributed by atoms with Gasteiger partial charge in [-0.2, -0.15) is 0 Å². The molecule has 0 aromatic heterocycles. The van der Waals surface area contributed by atoms with Crippen LogP contribution in [0.3, 0.4) is 0 Å². The topological polar surface area (TPSA) is 52.6 Å². The number of methoxy groups -OCH3 is 2. The zero-order valence-corrected chi connectivity index (χ0v) is 12.6. The van der Waals surface area contributed by atoms with Gasteiger partial charge in [-0.25, -0.2) is 8.42 Å². The average molecular weight is 304 g/mol. The minimum atomic E-state index is -3.48. The lowest BCUT2D eigenvalue weighted by Crippen LogP contribution is -1.96. The third-order valence-electron chi connectivity index (χ3n) is 2.92. The second-order valence-electron chi connectivity index (χ2n) is 4.30. The number of rotatable bonds is 5. The van der Waals surface area contributed by atoms with Crippen LogP contribution in [0.4, 0.5) is 0 Å². The predicted molar refractivity (Wildman–Crippen MR) is 82.2 cm³/mol. The maximum absolute atomic E-state index is 12.2. The fourth-order valence-corrected chi connectivity index (χ4v) is 2.77. The van der Waals surface area contributed by atoms with E-state index in [9.17, 15) is 8.42 Å². The highest BCUT2D eigenvalue weighted by Gasteiger charge is 2.10. The van der Waals surface area contributed by atoms with Gasteiger partial charge in [0, 0.05) is 5.41 Å². The first-order chi connectivity index (χ1) is 10.0. The maximum Gasteiger partial charge on any atom is 0.199 e. The van der Waals surface area contributed by atoms with E-state index in [2.05, 4.69) is 0 Å². The zero-order chi connectivity index (χ0) is 15.3. The van der Waals surface area contributed by atoms with Crippen molar-refractivity contribution < 1.29 is 17.9 Å². The largest absolute Gasteiger partial charge is 0.497 e. The summed E-state index contributed by atoms with van der Waals surface area (Å²) >= 11 is 0. The molecule has 0 aliphatic carbocycles. The van der Waals surface area contributed by atoms with E-state index < -0.39 is 9.84 Å². The van der Waals surface area contributed by atoms with Crippen molar-refractivity contribution in [2.45, 2.75) is 4.90 Å². The predicted octanol–water partition coefficient (Wildman–Crippen LogP) is 3.15. The smallest absolute Gasteiger partial charge is 0.199 e. The Hall–Kier alpha value is -2.27. The third kappa shape index (κ3) is 3.86. The molecule has 0 fully saturated rings. The Balaban J connectivity index is 2.24. The SMILES string of the molecule is COc1ccc(S(=O)(=O)/C=C/c2cccc(OC)c2)cc1. The Morgan fingerprint density at radius 3 is 2.19 bits per heavy atom. The lowest BCUT2D eigenvalue weighted by atomic mass is 10.2. The number of sulfone groups is 1. The summed E-state index contributed by atoms with van der Waals surface area (Å²) < 4.78 is 34.5. The molecule has 0 atom stereocenters. The van der Waals surface area contributed by atoms with Gasteiger partial charge in [-0.3, -0.25) is 0 Å². The minimum absolute atomic E-state index is 0.224. The van der Waals surface area contributed by atoms with Crippen molar-refractivity contribution in [2.24, 2.45) is 0 Å². The van der Waals surface area contributed by atoms with Crippen LogP contribution in [0.25, 0.3) is 6.08 Å². The average Bonchev–Trinajstić information content (AvgIpc) is 2.53. The Kier molecular flexibility index (Phi) is 4.65. The second-order valence-corrected chi connectivity index (χ2v) is 6.13. The molecule has 0 spiro atoms. The number of benzene rings is 2. The van der Waals surface area contributed by atoms with Crippen LogP contribution in [0.2, 0.25) is 0 Å². The van der Waals surface area contributed by atoms with Crippen molar-refractivity contribution in [3.63, 3.8) is 0 Å². The van der Waals surface area contributed by atoms with E-state index in [0.717, 1.165) is 5.56 Å². The first-order valence-corrected chi connectivity index (χ1v) is 7.81. The van der Waals surface area contributed by atoms with E-state index in [1.165, 1.54) is 24.7 Å². The zero-order valence-electron chi connectivity index (χ0n) is 11.8. The lowest BCUT2D eigenvalue weighted by Gasteiger charge is -2.02. The van der Waals surface area contributed by atoms with E-state index in [4.69, 9.17) is 9.47 Å². The van der Waals surface area contributed by atoms with Crippen molar-refractivity contribution in [3.05, 3.63) is 59.5 Å². The van der Waals surface area contributed by atoms with Gasteiger partial charge < -0.3 is 9.47 Å². The Labute approximate surface area is 124 Å². The highest BCUT2D eigenvalue weighted by atomic mass is 32.2. The van der Waals surface area contributed by atoms with Crippen LogP contribution in [-0.2, 0) is 9.84 Å². The van der Waals surface area contributed by atoms with E-state index in [1.807, 2.05) is 6.07 Å². The van der Waals surface area contributed by atoms with Crippen LogP contribution < -0.4 is 9.47 Å². The van der Waals surface area contributed by atoms with Crippen molar-refractivity contribution in [2.75, 3.05) is 14.2 Å². The van der Waals surface area contributed by atoms with Gasteiger partial charge in [0.25, 0.3) is 0 Å². The van der Waals surface area contributed by atoms with Crippen LogP contribution in [0.1, 0.15) is 5.56 Å². The maximum atomic E-state index is 12.2. The van der Waals surface area contributed by atoms with Crippen LogP contribution in [0.15, 0.2) is 58.8 Å². The highest BCUT2D eigenvalue weighted by molar-refractivity contribution is 7.94. The molecule has 0 saturated heterocycles. The molecule has 0 aliphatic heterocycles. The molecule has 0 bridgehead atoms. The first kappa shape index (κ1) is 15.1. The summed E-state index contributed by atoms with van der Waals surface area (Å²) in [4.78, 5) is 0.224. The third-order valence-corrected chi connectivity index (χ3v) is 4.35. The summed E-state index contributed by atoms with van der Waals surface area (Å²) in [6.07, 6.45) is 1.54. The molecule has 0 heterocycles. The summed E-state index contributed by atoms with van der Waals surface area (Å²) in [5.74, 6) is 1.30. The molecule has 5 heteroatoms. The molecule has 0 saturated carbocycles. The first-order valence-electron chi connectivity index (χ1n) is 6.26. The summed E-state index contributed by atoms with van der Waals surface area (Å²) in [6.45, 7) is 0. The van der Waals surface area contributed by atoms with E-state index >= 15 is 0 Å². The van der Waals surface area contributed by atoms with Gasteiger partial charge in [-0.1, -0.05) is 12.1 Å². The van der Waals surface area contributed by atoms with E-state index in [1.54, 1.807) is 43.5 Å². The normalized spacial score (nSPS) is 11.5.